The van der Waals surface area contributed by atoms with Gasteiger partial charge in [-0.15, -0.1) is 0 Å². The molecule has 2 aromatic rings. The fraction of sp³-hybridized carbons (Fsp3) is 0.278. The first kappa shape index (κ1) is 14.3. The van der Waals surface area contributed by atoms with Crippen molar-refractivity contribution in [1.82, 2.24) is 0 Å². The molecule has 20 heavy (non-hydrogen) atoms. The lowest BCUT2D eigenvalue weighted by atomic mass is 9.90. The Morgan fingerprint density at radius 2 is 1.20 bits per heavy atom. The van der Waals surface area contributed by atoms with E-state index in [1.807, 2.05) is 48.5 Å². The van der Waals surface area contributed by atoms with E-state index < -0.39 is 11.9 Å². The first-order valence-electron chi connectivity index (χ1n) is 7.06. The molecule has 0 amide bonds. The van der Waals surface area contributed by atoms with Crippen molar-refractivity contribution >= 4 is 5.97 Å². The maximum atomic E-state index is 11.6. The summed E-state index contributed by atoms with van der Waals surface area (Å²) in [6.45, 7) is 4.18. The minimum atomic E-state index is -0.807. The summed E-state index contributed by atoms with van der Waals surface area (Å²) in [5.41, 5.74) is 4.11. The predicted molar refractivity (Wildman–Crippen MR) is 81.1 cm³/mol. The zero-order valence-corrected chi connectivity index (χ0v) is 12.0. The first-order valence-corrected chi connectivity index (χ1v) is 7.06. The van der Waals surface area contributed by atoms with E-state index in [1.54, 1.807) is 0 Å². The molecule has 0 saturated heterocycles. The van der Waals surface area contributed by atoms with Gasteiger partial charge in [-0.3, -0.25) is 4.79 Å². The molecular weight excluding hydrogens is 248 g/mol. The fourth-order valence-electron chi connectivity index (χ4n) is 2.37. The van der Waals surface area contributed by atoms with Crippen LogP contribution in [0.15, 0.2) is 48.5 Å². The normalized spacial score (nSPS) is 10.8. The highest BCUT2D eigenvalue weighted by atomic mass is 16.4. The molecule has 0 bridgehead atoms. The molecule has 0 saturated carbocycles. The third-order valence-electron chi connectivity index (χ3n) is 3.69. The smallest absolute Gasteiger partial charge is 0.315 e. The zero-order valence-electron chi connectivity index (χ0n) is 12.0. The molecule has 0 atom stereocenters. The third kappa shape index (κ3) is 3.08. The molecule has 0 aliphatic carbocycles. The predicted octanol–water partition coefficient (Wildman–Crippen LogP) is 4.03. The van der Waals surface area contributed by atoms with E-state index in [4.69, 9.17) is 0 Å². The number of rotatable bonds is 5. The van der Waals surface area contributed by atoms with E-state index >= 15 is 0 Å². The minimum Gasteiger partial charge on any atom is -0.481 e. The van der Waals surface area contributed by atoms with Crippen LogP contribution in [0.2, 0.25) is 0 Å². The largest absolute Gasteiger partial charge is 0.481 e. The van der Waals surface area contributed by atoms with Gasteiger partial charge in [0.25, 0.3) is 0 Å². The third-order valence-corrected chi connectivity index (χ3v) is 3.69. The number of hydrogen-bond acceptors (Lipinski definition) is 1. The number of carboxylic acid groups (broad SMARTS) is 1. The van der Waals surface area contributed by atoms with Crippen LogP contribution in [0.25, 0.3) is 0 Å². The standard InChI is InChI=1S/C18H20O2/c1-3-13-5-9-15(10-6-13)17(18(19)20)16-11-7-14(4-2)8-12-16/h5-12,17H,3-4H2,1-2H3,(H,19,20). The van der Waals surface area contributed by atoms with Gasteiger partial charge in [-0.25, -0.2) is 0 Å². The SMILES string of the molecule is CCc1ccc(C(C(=O)O)c2ccc(CC)cc2)cc1. The summed E-state index contributed by atoms with van der Waals surface area (Å²) in [5, 5.41) is 9.53. The number of benzene rings is 2. The van der Waals surface area contributed by atoms with Gasteiger partial charge in [0.1, 0.15) is 5.92 Å². The molecule has 0 aliphatic heterocycles. The number of aliphatic carboxylic acids is 1. The molecule has 0 heterocycles. The van der Waals surface area contributed by atoms with Crippen molar-refractivity contribution in [2.24, 2.45) is 0 Å². The minimum absolute atomic E-state index is 0.591. The van der Waals surface area contributed by atoms with Gasteiger partial charge in [-0.2, -0.15) is 0 Å². The van der Waals surface area contributed by atoms with Crippen LogP contribution in [-0.2, 0) is 17.6 Å². The second kappa shape index (κ2) is 6.38. The average Bonchev–Trinajstić information content (AvgIpc) is 2.48. The summed E-state index contributed by atoms with van der Waals surface area (Å²) in [6.07, 6.45) is 1.92. The summed E-state index contributed by atoms with van der Waals surface area (Å²) in [7, 11) is 0. The Bertz CT molecular complexity index is 520. The van der Waals surface area contributed by atoms with Gasteiger partial charge in [0.15, 0.2) is 0 Å². The summed E-state index contributed by atoms with van der Waals surface area (Å²) in [4.78, 5) is 11.6. The van der Waals surface area contributed by atoms with Gasteiger partial charge in [-0.05, 0) is 35.1 Å². The van der Waals surface area contributed by atoms with Gasteiger partial charge < -0.3 is 5.11 Å². The van der Waals surface area contributed by atoms with Gasteiger partial charge in [0, 0.05) is 0 Å². The van der Waals surface area contributed by atoms with Gasteiger partial charge in [-0.1, -0.05) is 62.4 Å². The maximum Gasteiger partial charge on any atom is 0.315 e. The van der Waals surface area contributed by atoms with Crippen molar-refractivity contribution in [1.29, 1.82) is 0 Å². The van der Waals surface area contributed by atoms with Crippen molar-refractivity contribution in [3.05, 3.63) is 70.8 Å². The molecule has 0 spiro atoms. The Hall–Kier alpha value is -2.09. The van der Waals surface area contributed by atoms with E-state index in [2.05, 4.69) is 13.8 Å². The molecule has 0 aromatic heterocycles. The lowest BCUT2D eigenvalue weighted by Crippen LogP contribution is -2.13. The van der Waals surface area contributed by atoms with E-state index in [0.717, 1.165) is 24.0 Å². The molecule has 2 heteroatoms. The molecule has 104 valence electrons. The molecule has 2 rings (SSSR count). The van der Waals surface area contributed by atoms with Crippen LogP contribution in [-0.4, -0.2) is 11.1 Å². The molecule has 0 aliphatic rings. The quantitative estimate of drug-likeness (QED) is 0.889. The molecule has 2 nitrogen and oxygen atoms in total. The Labute approximate surface area is 120 Å². The monoisotopic (exact) mass is 268 g/mol. The molecule has 0 fully saturated rings. The van der Waals surface area contributed by atoms with Crippen LogP contribution in [0.3, 0.4) is 0 Å². The van der Waals surface area contributed by atoms with Crippen LogP contribution >= 0.6 is 0 Å². The highest BCUT2D eigenvalue weighted by Crippen LogP contribution is 2.26. The Morgan fingerprint density at radius 3 is 1.45 bits per heavy atom. The van der Waals surface area contributed by atoms with Crippen LogP contribution in [0.1, 0.15) is 42.0 Å². The van der Waals surface area contributed by atoms with Crippen LogP contribution in [0.5, 0.6) is 0 Å². The van der Waals surface area contributed by atoms with Gasteiger partial charge in [0.2, 0.25) is 0 Å². The number of hydrogen-bond donors (Lipinski definition) is 1. The Balaban J connectivity index is 2.36. The zero-order chi connectivity index (χ0) is 14.5. The second-order valence-electron chi connectivity index (χ2n) is 4.96. The highest BCUT2D eigenvalue weighted by Gasteiger charge is 2.21. The fourth-order valence-corrected chi connectivity index (χ4v) is 2.37. The molecule has 1 N–H and O–H groups in total. The maximum absolute atomic E-state index is 11.6. The van der Waals surface area contributed by atoms with Crippen molar-refractivity contribution in [3.63, 3.8) is 0 Å². The summed E-state index contributed by atoms with van der Waals surface area (Å²) >= 11 is 0. The molecule has 2 aromatic carbocycles. The molecule has 0 radical (unpaired) electrons. The van der Waals surface area contributed by atoms with E-state index in [-0.39, 0.29) is 0 Å². The van der Waals surface area contributed by atoms with Crippen LogP contribution < -0.4 is 0 Å². The summed E-state index contributed by atoms with van der Waals surface area (Å²) in [6, 6.07) is 15.7. The first-order chi connectivity index (χ1) is 9.65. The number of carbonyl (C=O) groups is 1. The van der Waals surface area contributed by atoms with Crippen molar-refractivity contribution in [2.75, 3.05) is 0 Å². The van der Waals surface area contributed by atoms with E-state index in [9.17, 15) is 9.90 Å². The van der Waals surface area contributed by atoms with E-state index in [1.165, 1.54) is 11.1 Å². The Morgan fingerprint density at radius 1 is 0.850 bits per heavy atom. The second-order valence-corrected chi connectivity index (χ2v) is 4.96. The molecule has 0 unspecified atom stereocenters. The number of aryl methyl sites for hydroxylation is 2. The van der Waals surface area contributed by atoms with Crippen LogP contribution in [0, 0.1) is 0 Å². The average molecular weight is 268 g/mol. The summed E-state index contributed by atoms with van der Waals surface area (Å²) < 4.78 is 0. The van der Waals surface area contributed by atoms with Crippen LogP contribution in [0.4, 0.5) is 0 Å². The van der Waals surface area contributed by atoms with E-state index in [0.29, 0.717) is 0 Å². The summed E-state index contributed by atoms with van der Waals surface area (Å²) in [5.74, 6) is -1.40. The molecular formula is C18H20O2. The Kier molecular flexibility index (Phi) is 4.57. The number of carboxylic acids is 1. The van der Waals surface area contributed by atoms with Crippen molar-refractivity contribution < 1.29 is 9.90 Å². The van der Waals surface area contributed by atoms with Crippen molar-refractivity contribution in [3.8, 4) is 0 Å². The lowest BCUT2D eigenvalue weighted by molar-refractivity contribution is -0.137. The lowest BCUT2D eigenvalue weighted by Gasteiger charge is -2.14. The topological polar surface area (TPSA) is 37.3 Å². The highest BCUT2D eigenvalue weighted by molar-refractivity contribution is 5.80. The van der Waals surface area contributed by atoms with Crippen molar-refractivity contribution in [2.45, 2.75) is 32.6 Å². The van der Waals surface area contributed by atoms with Gasteiger partial charge >= 0.3 is 5.97 Å². The van der Waals surface area contributed by atoms with Gasteiger partial charge in [0.05, 0.1) is 0 Å².